The maximum absolute atomic E-state index is 13.9. The summed E-state index contributed by atoms with van der Waals surface area (Å²) < 4.78 is 22.4. The van der Waals surface area contributed by atoms with Gasteiger partial charge in [-0.25, -0.2) is 14.5 Å². The largest absolute Gasteiger partial charge is 0.493 e. The van der Waals surface area contributed by atoms with E-state index in [0.717, 1.165) is 10.5 Å². The van der Waals surface area contributed by atoms with E-state index in [0.29, 0.717) is 0 Å². The Morgan fingerprint density at radius 2 is 1.24 bits per heavy atom. The zero-order valence-electron chi connectivity index (χ0n) is 30.0. The van der Waals surface area contributed by atoms with Gasteiger partial charge >= 0.3 is 12.2 Å². The van der Waals surface area contributed by atoms with Gasteiger partial charge < -0.3 is 33.9 Å². The second kappa shape index (κ2) is 12.9. The van der Waals surface area contributed by atoms with E-state index < -0.39 is 47.7 Å². The smallest absolute Gasteiger partial charge is 0.417 e. The summed E-state index contributed by atoms with van der Waals surface area (Å²) in [6, 6.07) is 4.77. The van der Waals surface area contributed by atoms with Gasteiger partial charge in [-0.1, -0.05) is 12.2 Å². The first-order valence-electron chi connectivity index (χ1n) is 16.0. The lowest BCUT2D eigenvalue weighted by molar-refractivity contribution is -0.103. The minimum absolute atomic E-state index is 0.00729. The number of hydrogen-bond donors (Lipinski definition) is 1. The Morgan fingerprint density at radius 1 is 0.780 bits per heavy atom. The standard InChI is InChI=1S/C35H44N4O11/c1-18-12-24-31(42)39(33(44)48-35(6,7)8)23-16-28(26(46-11)14-21(23)30(41)37(24)17-18)50-49-27-15-22-20(13-25(27)45-10)29(40)36(9)19(2)38(22)32(43)47-34(3,4)5/h13-16,19,24,31,42H,1,12,17H2,2-11H3/t19?,24-,31?/m0/s1. The van der Waals surface area contributed by atoms with Crippen molar-refractivity contribution >= 4 is 35.4 Å². The maximum Gasteiger partial charge on any atom is 0.417 e. The van der Waals surface area contributed by atoms with Crippen molar-refractivity contribution < 1.29 is 53.0 Å². The van der Waals surface area contributed by atoms with Crippen molar-refractivity contribution in [2.24, 2.45) is 0 Å². The molecule has 0 spiro atoms. The van der Waals surface area contributed by atoms with E-state index >= 15 is 0 Å². The van der Waals surface area contributed by atoms with Crippen LogP contribution in [0.4, 0.5) is 21.0 Å². The van der Waals surface area contributed by atoms with Crippen LogP contribution in [0.2, 0.25) is 0 Å². The molecule has 1 N–H and O–H groups in total. The van der Waals surface area contributed by atoms with Crippen LogP contribution in [0.3, 0.4) is 0 Å². The predicted octanol–water partition coefficient (Wildman–Crippen LogP) is 5.09. The Balaban J connectivity index is 1.58. The highest BCUT2D eigenvalue weighted by molar-refractivity contribution is 6.08. The Bertz CT molecular complexity index is 1750. The fourth-order valence-corrected chi connectivity index (χ4v) is 5.98. The van der Waals surface area contributed by atoms with E-state index in [1.54, 1.807) is 55.5 Å². The van der Waals surface area contributed by atoms with Gasteiger partial charge in [0.1, 0.15) is 17.4 Å². The number of carbonyl (C=O) groups excluding carboxylic acids is 4. The minimum atomic E-state index is -1.49. The first-order chi connectivity index (χ1) is 23.3. The lowest BCUT2D eigenvalue weighted by Crippen LogP contribution is -2.55. The molecule has 0 bridgehead atoms. The monoisotopic (exact) mass is 696 g/mol. The molecule has 3 heterocycles. The molecule has 2 aromatic rings. The number of aliphatic hydroxyl groups is 1. The van der Waals surface area contributed by atoms with Gasteiger partial charge in [0.05, 0.1) is 42.8 Å². The molecule has 2 aromatic carbocycles. The topological polar surface area (TPSA) is 157 Å². The fourth-order valence-electron chi connectivity index (χ4n) is 5.98. The molecule has 1 saturated heterocycles. The molecule has 5 rings (SSSR count). The van der Waals surface area contributed by atoms with Crippen LogP contribution in [-0.4, -0.2) is 96.4 Å². The summed E-state index contributed by atoms with van der Waals surface area (Å²) in [7, 11) is 4.30. The van der Waals surface area contributed by atoms with Crippen molar-refractivity contribution in [1.29, 1.82) is 0 Å². The van der Waals surface area contributed by atoms with Crippen LogP contribution in [0.25, 0.3) is 0 Å². The molecular formula is C35H44N4O11. The van der Waals surface area contributed by atoms with Gasteiger partial charge in [0, 0.05) is 25.7 Å². The third kappa shape index (κ3) is 6.69. The van der Waals surface area contributed by atoms with Crippen molar-refractivity contribution in [3.05, 3.63) is 47.5 Å². The molecule has 0 aromatic heterocycles. The quantitative estimate of drug-likeness (QED) is 0.252. The summed E-state index contributed by atoms with van der Waals surface area (Å²) >= 11 is 0. The zero-order chi connectivity index (χ0) is 37.0. The van der Waals surface area contributed by atoms with Crippen LogP contribution < -0.4 is 29.0 Å². The number of amides is 4. The number of fused-ring (bicyclic) bond motifs is 3. The second-order valence-corrected chi connectivity index (χ2v) is 14.3. The normalized spacial score (nSPS) is 20.5. The molecule has 2 unspecified atom stereocenters. The molecule has 3 aliphatic rings. The second-order valence-electron chi connectivity index (χ2n) is 14.3. The van der Waals surface area contributed by atoms with E-state index in [2.05, 4.69) is 6.58 Å². The number of rotatable bonds is 5. The average molecular weight is 697 g/mol. The number of hydrogen-bond acceptors (Lipinski definition) is 11. The van der Waals surface area contributed by atoms with Crippen LogP contribution in [0, 0.1) is 0 Å². The molecular weight excluding hydrogens is 652 g/mol. The van der Waals surface area contributed by atoms with E-state index in [9.17, 15) is 24.3 Å². The highest BCUT2D eigenvalue weighted by atomic mass is 17.2. The Kier molecular flexibility index (Phi) is 9.34. The zero-order valence-corrected chi connectivity index (χ0v) is 30.0. The molecule has 50 heavy (non-hydrogen) atoms. The van der Waals surface area contributed by atoms with Crippen LogP contribution in [0.15, 0.2) is 36.4 Å². The highest BCUT2D eigenvalue weighted by Crippen LogP contribution is 2.44. The SMILES string of the molecule is C=C1C[C@H]2C(O)N(C(=O)OC(C)(C)C)c3cc(OOc4cc5c(cc4OC)C(=O)N(C)C(C)N5C(=O)OC(C)(C)C)c(OC)cc3C(=O)N2C1. The minimum Gasteiger partial charge on any atom is -0.493 e. The van der Waals surface area contributed by atoms with E-state index in [-0.39, 0.29) is 64.4 Å². The van der Waals surface area contributed by atoms with E-state index in [4.69, 9.17) is 28.7 Å². The average Bonchev–Trinajstić information content (AvgIpc) is 3.38. The van der Waals surface area contributed by atoms with Crippen LogP contribution >= 0.6 is 0 Å². The van der Waals surface area contributed by atoms with E-state index in [1.165, 1.54) is 53.2 Å². The van der Waals surface area contributed by atoms with Crippen LogP contribution in [-0.2, 0) is 9.47 Å². The van der Waals surface area contributed by atoms with Gasteiger partial charge in [-0.05, 0) is 67.0 Å². The summed E-state index contributed by atoms with van der Waals surface area (Å²) in [6.07, 6.45) is -3.51. The number of anilines is 2. The van der Waals surface area contributed by atoms with Crippen molar-refractivity contribution in [3.8, 4) is 23.0 Å². The molecule has 0 aliphatic carbocycles. The number of carbonyl (C=O) groups is 4. The molecule has 0 saturated carbocycles. The van der Waals surface area contributed by atoms with Crippen LogP contribution in [0.5, 0.6) is 23.0 Å². The van der Waals surface area contributed by atoms with Gasteiger partial charge in [0.25, 0.3) is 11.8 Å². The van der Waals surface area contributed by atoms with Gasteiger partial charge in [-0.2, -0.15) is 0 Å². The molecule has 270 valence electrons. The summed E-state index contributed by atoms with van der Waals surface area (Å²) in [5.74, 6) is -0.772. The van der Waals surface area contributed by atoms with Crippen molar-refractivity contribution in [2.45, 2.75) is 84.5 Å². The van der Waals surface area contributed by atoms with Gasteiger partial charge in [-0.15, -0.1) is 0 Å². The highest BCUT2D eigenvalue weighted by Gasteiger charge is 2.47. The molecule has 1 fully saturated rings. The molecule has 4 amide bonds. The number of methoxy groups -OCH3 is 2. The molecule has 15 nitrogen and oxygen atoms in total. The van der Waals surface area contributed by atoms with Crippen LogP contribution in [0.1, 0.15) is 75.6 Å². The fraction of sp³-hybridized carbons (Fsp3) is 0.486. The number of ether oxygens (including phenoxy) is 4. The maximum atomic E-state index is 13.9. The van der Waals surface area contributed by atoms with Gasteiger partial charge in [0.2, 0.25) is 11.5 Å². The molecule has 15 heteroatoms. The molecule has 3 aliphatic heterocycles. The molecule has 0 radical (unpaired) electrons. The summed E-state index contributed by atoms with van der Waals surface area (Å²) in [4.78, 5) is 70.9. The third-order valence-electron chi connectivity index (χ3n) is 8.36. The number of nitrogens with zero attached hydrogens (tertiary/aromatic N) is 4. The Morgan fingerprint density at radius 3 is 1.72 bits per heavy atom. The van der Waals surface area contributed by atoms with Gasteiger partial charge in [0.15, 0.2) is 17.7 Å². The summed E-state index contributed by atoms with van der Waals surface area (Å²) in [5, 5.41) is 11.6. The first kappa shape index (κ1) is 36.1. The third-order valence-corrected chi connectivity index (χ3v) is 8.36. The summed E-state index contributed by atoms with van der Waals surface area (Å²) in [6.45, 7) is 16.1. The predicted molar refractivity (Wildman–Crippen MR) is 181 cm³/mol. The lowest BCUT2D eigenvalue weighted by atomic mass is 10.1. The van der Waals surface area contributed by atoms with Gasteiger partial charge in [-0.3, -0.25) is 24.3 Å². The lowest BCUT2D eigenvalue weighted by Gasteiger charge is -2.41. The van der Waals surface area contributed by atoms with Crippen molar-refractivity contribution in [1.82, 2.24) is 9.80 Å². The molecule has 3 atom stereocenters. The van der Waals surface area contributed by atoms with Crippen molar-refractivity contribution in [3.63, 3.8) is 0 Å². The van der Waals surface area contributed by atoms with E-state index in [1.807, 2.05) is 0 Å². The first-order valence-corrected chi connectivity index (χ1v) is 16.0. The van der Waals surface area contributed by atoms with Crippen molar-refractivity contribution in [2.75, 3.05) is 37.6 Å². The number of benzene rings is 2. The Labute approximate surface area is 290 Å². The Hall–Kier alpha value is -5.18. The number of aliphatic hydroxyl groups excluding tert-OH is 1. The summed E-state index contributed by atoms with van der Waals surface area (Å²) in [5.41, 5.74) is -0.631.